The molecule has 1 amide bonds. The van der Waals surface area contributed by atoms with E-state index in [-0.39, 0.29) is 18.1 Å². The molecule has 1 aliphatic rings. The van der Waals surface area contributed by atoms with E-state index in [1.807, 2.05) is 17.6 Å². The van der Waals surface area contributed by atoms with E-state index in [4.69, 9.17) is 5.73 Å². The van der Waals surface area contributed by atoms with Gasteiger partial charge in [0.25, 0.3) is 0 Å². The molecule has 2 heterocycles. The molecule has 8 heteroatoms. The highest BCUT2D eigenvalue weighted by atomic mass is 32.2. The molecule has 1 saturated carbocycles. The first-order valence-electron chi connectivity index (χ1n) is 9.82. The van der Waals surface area contributed by atoms with Crippen LogP contribution in [0.2, 0.25) is 0 Å². The number of amides is 1. The third-order valence-corrected chi connectivity index (χ3v) is 5.93. The number of carbonyl (C=O) groups excluding carboxylic acids is 2. The molecular weight excluding hydrogens is 374 g/mol. The van der Waals surface area contributed by atoms with E-state index >= 15 is 0 Å². The summed E-state index contributed by atoms with van der Waals surface area (Å²) in [6.07, 6.45) is 3.11. The Bertz CT molecular complexity index is 880. The van der Waals surface area contributed by atoms with E-state index in [2.05, 4.69) is 35.5 Å². The van der Waals surface area contributed by atoms with Crippen molar-refractivity contribution in [2.24, 2.45) is 11.7 Å². The van der Waals surface area contributed by atoms with Gasteiger partial charge in [-0.25, -0.2) is 0 Å². The van der Waals surface area contributed by atoms with Gasteiger partial charge in [-0.05, 0) is 38.7 Å². The topological polar surface area (TPSA) is 95.8 Å². The monoisotopic (exact) mass is 403 g/mol. The average Bonchev–Trinajstić information content (AvgIpc) is 3.31. The smallest absolute Gasteiger partial charge is 0.217 e. The maximum Gasteiger partial charge on any atom is 0.217 e. The van der Waals surface area contributed by atoms with Gasteiger partial charge in [0.2, 0.25) is 5.91 Å². The van der Waals surface area contributed by atoms with Crippen LogP contribution in [0.4, 0.5) is 0 Å². The number of hydrogen-bond acceptors (Lipinski definition) is 5. The highest BCUT2D eigenvalue weighted by molar-refractivity contribution is 7.99. The highest BCUT2D eigenvalue weighted by Gasteiger charge is 2.28. The molecule has 7 nitrogen and oxygen atoms in total. The Hall–Kier alpha value is -2.09. The third-order valence-electron chi connectivity index (χ3n) is 4.97. The van der Waals surface area contributed by atoms with E-state index in [1.165, 1.54) is 24.6 Å². The van der Waals surface area contributed by atoms with Crippen LogP contribution in [0.5, 0.6) is 0 Å². The summed E-state index contributed by atoms with van der Waals surface area (Å²) in [4.78, 5) is 24.0. The van der Waals surface area contributed by atoms with Crippen LogP contribution in [0.3, 0.4) is 0 Å². The Kier molecular flexibility index (Phi) is 6.27. The number of hydrogen-bond donors (Lipinski definition) is 1. The van der Waals surface area contributed by atoms with Crippen LogP contribution < -0.4 is 5.73 Å². The van der Waals surface area contributed by atoms with Crippen LogP contribution in [-0.4, -0.2) is 36.8 Å². The van der Waals surface area contributed by atoms with Gasteiger partial charge in [-0.1, -0.05) is 25.6 Å². The summed E-state index contributed by atoms with van der Waals surface area (Å²) in [5, 5.41) is 9.21. The van der Waals surface area contributed by atoms with Crippen LogP contribution in [0, 0.1) is 19.8 Å². The minimum Gasteiger partial charge on any atom is -0.370 e. The maximum atomic E-state index is 12.8. The zero-order valence-corrected chi connectivity index (χ0v) is 17.9. The lowest BCUT2D eigenvalue weighted by Gasteiger charge is -2.12. The predicted molar refractivity (Wildman–Crippen MR) is 110 cm³/mol. The van der Waals surface area contributed by atoms with Gasteiger partial charge in [0, 0.05) is 42.4 Å². The molecule has 1 aliphatic carbocycles. The summed E-state index contributed by atoms with van der Waals surface area (Å²) < 4.78 is 4.31. The molecule has 2 N–H and O–H groups in total. The van der Waals surface area contributed by atoms with Crippen molar-refractivity contribution in [3.05, 3.63) is 28.8 Å². The lowest BCUT2D eigenvalue weighted by Crippen LogP contribution is -2.15. The fourth-order valence-electron chi connectivity index (χ4n) is 3.56. The quantitative estimate of drug-likeness (QED) is 0.486. The number of rotatable bonds is 10. The van der Waals surface area contributed by atoms with E-state index in [9.17, 15) is 9.59 Å². The van der Waals surface area contributed by atoms with Crippen LogP contribution >= 0.6 is 11.8 Å². The highest BCUT2D eigenvalue weighted by Crippen LogP contribution is 2.38. The lowest BCUT2D eigenvalue weighted by atomic mass is 10.2. The number of nitrogens with zero attached hydrogens (tertiary/aromatic N) is 4. The second-order valence-corrected chi connectivity index (χ2v) is 8.91. The van der Waals surface area contributed by atoms with Crippen LogP contribution in [0.15, 0.2) is 11.2 Å². The Morgan fingerprint density at radius 2 is 2.00 bits per heavy atom. The van der Waals surface area contributed by atoms with Gasteiger partial charge < -0.3 is 14.9 Å². The largest absolute Gasteiger partial charge is 0.370 e. The first-order chi connectivity index (χ1) is 13.3. The van der Waals surface area contributed by atoms with Gasteiger partial charge in [-0.15, -0.1) is 10.2 Å². The minimum absolute atomic E-state index is 0.114. The number of carbonyl (C=O) groups is 2. The Morgan fingerprint density at radius 3 is 2.61 bits per heavy atom. The molecule has 0 saturated heterocycles. The van der Waals surface area contributed by atoms with Gasteiger partial charge in [-0.2, -0.15) is 0 Å². The zero-order valence-electron chi connectivity index (χ0n) is 17.1. The van der Waals surface area contributed by atoms with Crippen LogP contribution in [0.1, 0.15) is 66.7 Å². The first-order valence-corrected chi connectivity index (χ1v) is 10.8. The number of aryl methyl sites for hydroxylation is 2. The van der Waals surface area contributed by atoms with Gasteiger partial charge >= 0.3 is 0 Å². The van der Waals surface area contributed by atoms with Crippen LogP contribution in [-0.2, 0) is 17.8 Å². The number of thioether (sulfide) groups is 1. The number of Topliss-reactive ketones (excluding diaryl/α,β-unsaturated/α-hetero) is 1. The molecular formula is C20H29N5O2S. The van der Waals surface area contributed by atoms with Crippen molar-refractivity contribution in [2.45, 2.75) is 71.1 Å². The Balaban J connectivity index is 1.72. The number of nitrogens with two attached hydrogens (primary N) is 1. The number of primary amides is 1. The molecule has 2 aromatic heterocycles. The first kappa shape index (κ1) is 20.6. The summed E-state index contributed by atoms with van der Waals surface area (Å²) in [5.41, 5.74) is 8.30. The number of aromatic nitrogens is 4. The van der Waals surface area contributed by atoms with Crippen molar-refractivity contribution in [3.8, 4) is 0 Å². The van der Waals surface area contributed by atoms with Crippen molar-refractivity contribution in [3.63, 3.8) is 0 Å². The number of ketones is 1. The summed E-state index contributed by atoms with van der Waals surface area (Å²) in [6, 6.07) is 2.57. The molecule has 0 aromatic carbocycles. The third kappa shape index (κ3) is 4.66. The second kappa shape index (κ2) is 8.51. The summed E-state index contributed by atoms with van der Waals surface area (Å²) >= 11 is 1.41. The van der Waals surface area contributed by atoms with Crippen molar-refractivity contribution < 1.29 is 9.59 Å². The maximum absolute atomic E-state index is 12.8. The summed E-state index contributed by atoms with van der Waals surface area (Å²) in [7, 11) is 0. The van der Waals surface area contributed by atoms with E-state index < -0.39 is 0 Å². The van der Waals surface area contributed by atoms with Gasteiger partial charge in [0.1, 0.15) is 5.82 Å². The van der Waals surface area contributed by atoms with Gasteiger partial charge in [0.05, 0.1) is 5.75 Å². The van der Waals surface area contributed by atoms with Gasteiger partial charge in [0.15, 0.2) is 10.9 Å². The van der Waals surface area contributed by atoms with E-state index in [1.54, 1.807) is 0 Å². The molecule has 0 aliphatic heterocycles. The molecule has 0 radical (unpaired) electrons. The Morgan fingerprint density at radius 1 is 1.29 bits per heavy atom. The minimum atomic E-state index is -0.352. The van der Waals surface area contributed by atoms with Crippen molar-refractivity contribution >= 4 is 23.5 Å². The van der Waals surface area contributed by atoms with Crippen molar-refractivity contribution in [2.75, 3.05) is 5.75 Å². The molecule has 0 unspecified atom stereocenters. The Labute approximate surface area is 170 Å². The average molecular weight is 404 g/mol. The summed E-state index contributed by atoms with van der Waals surface area (Å²) in [5.74, 6) is 1.23. The standard InChI is InChI=1S/C20H29N5O2S/c1-12(2)10-24-19(8-7-18(21)27)22-23-20(24)28-11-17(26)16-9-13(3)25(14(16)4)15-5-6-15/h9,12,15H,5-8,10-11H2,1-4H3,(H2,21,27). The SMILES string of the molecule is Cc1cc(C(=O)CSc2nnc(CCC(N)=O)n2CC(C)C)c(C)n1C1CC1. The molecule has 1 fully saturated rings. The van der Waals surface area contributed by atoms with E-state index in [0.29, 0.717) is 24.1 Å². The molecule has 0 bridgehead atoms. The lowest BCUT2D eigenvalue weighted by molar-refractivity contribution is -0.118. The second-order valence-electron chi connectivity index (χ2n) is 7.97. The normalized spacial score (nSPS) is 14.0. The van der Waals surface area contributed by atoms with E-state index in [0.717, 1.165) is 34.5 Å². The van der Waals surface area contributed by atoms with Gasteiger partial charge in [-0.3, -0.25) is 9.59 Å². The van der Waals surface area contributed by atoms with Crippen molar-refractivity contribution in [1.82, 2.24) is 19.3 Å². The van der Waals surface area contributed by atoms with Crippen molar-refractivity contribution in [1.29, 1.82) is 0 Å². The van der Waals surface area contributed by atoms with Crippen LogP contribution in [0.25, 0.3) is 0 Å². The fourth-order valence-corrected chi connectivity index (χ4v) is 4.41. The molecule has 152 valence electrons. The fraction of sp³-hybridized carbons (Fsp3) is 0.600. The molecule has 0 atom stereocenters. The molecule has 2 aromatic rings. The predicted octanol–water partition coefficient (Wildman–Crippen LogP) is 3.08. The molecule has 3 rings (SSSR count). The summed E-state index contributed by atoms with van der Waals surface area (Å²) in [6.45, 7) is 9.08. The molecule has 0 spiro atoms. The zero-order chi connectivity index (χ0) is 20.4. The molecule has 28 heavy (non-hydrogen) atoms.